The van der Waals surface area contributed by atoms with E-state index in [4.69, 9.17) is 25.7 Å². The number of rotatable bonds is 13. The lowest BCUT2D eigenvalue weighted by atomic mass is 10.00. The van der Waals surface area contributed by atoms with Crippen molar-refractivity contribution in [2.24, 2.45) is 0 Å². The van der Waals surface area contributed by atoms with E-state index in [1.807, 2.05) is 0 Å². The minimum atomic E-state index is -3.58. The second-order valence-corrected chi connectivity index (χ2v) is 8.51. The minimum Gasteiger partial charge on any atom is -0.494 e. The fraction of sp³-hybridized carbons (Fsp3) is 0.241. The number of ether oxygens (including phenoxy) is 3. The predicted molar refractivity (Wildman–Crippen MR) is 141 cm³/mol. The first-order valence-corrected chi connectivity index (χ1v) is 12.0. The summed E-state index contributed by atoms with van der Waals surface area (Å²) in [5, 5.41) is 0. The van der Waals surface area contributed by atoms with Gasteiger partial charge in [0, 0.05) is 23.4 Å². The molecular weight excluding hydrogens is 497 g/mol. The molecule has 0 aliphatic heterocycles. The van der Waals surface area contributed by atoms with Gasteiger partial charge in [-0.2, -0.15) is 8.78 Å². The predicted octanol–water partition coefficient (Wildman–Crippen LogP) is 6.28. The van der Waals surface area contributed by atoms with Crippen LogP contribution in [0.1, 0.15) is 35.4 Å². The van der Waals surface area contributed by atoms with Crippen LogP contribution in [0.15, 0.2) is 72.8 Å². The molecule has 6 nitrogen and oxygen atoms in total. The van der Waals surface area contributed by atoms with Gasteiger partial charge in [-0.05, 0) is 85.5 Å². The molecule has 3 aromatic rings. The van der Waals surface area contributed by atoms with Gasteiger partial charge in [-0.3, -0.25) is 4.39 Å². The molecule has 0 bridgehead atoms. The fourth-order valence-corrected chi connectivity index (χ4v) is 3.44. The number of carbonyl (C=O) groups excluding carboxylic acids is 1. The normalized spacial score (nSPS) is 12.3. The number of hydrogen-bond donors (Lipinski definition) is 2. The lowest BCUT2D eigenvalue weighted by Gasteiger charge is -2.18. The van der Waals surface area contributed by atoms with Crippen molar-refractivity contribution in [3.05, 3.63) is 96.4 Å². The zero-order valence-electron chi connectivity index (χ0n) is 20.7. The van der Waals surface area contributed by atoms with Crippen molar-refractivity contribution >= 4 is 23.4 Å². The summed E-state index contributed by atoms with van der Waals surface area (Å²) >= 11 is 0. The third-order valence-corrected chi connectivity index (χ3v) is 5.50. The highest BCUT2D eigenvalue weighted by atomic mass is 19.3. The molecule has 1 unspecified atom stereocenters. The van der Waals surface area contributed by atoms with Gasteiger partial charge >= 0.3 is 12.1 Å². The summed E-state index contributed by atoms with van der Waals surface area (Å²) in [5.74, 6) is -0.600. The van der Waals surface area contributed by atoms with Gasteiger partial charge in [0.15, 0.2) is 0 Å². The summed E-state index contributed by atoms with van der Waals surface area (Å²) in [7, 11) is 0. The molecule has 0 saturated carbocycles. The number of halogens is 3. The molecule has 0 aliphatic rings. The average molecular weight is 528 g/mol. The zero-order chi connectivity index (χ0) is 27.5. The molecule has 0 saturated heterocycles. The molecule has 201 valence electrons. The lowest BCUT2D eigenvalue weighted by molar-refractivity contribution is -0.185. The summed E-state index contributed by atoms with van der Waals surface area (Å²) < 4.78 is 56.8. The van der Waals surface area contributed by atoms with Gasteiger partial charge in [0.1, 0.15) is 11.5 Å². The maximum absolute atomic E-state index is 14.6. The number of carbonyl (C=O) groups is 1. The number of nitrogens with two attached hydrogens (primary N) is 2. The summed E-state index contributed by atoms with van der Waals surface area (Å²) in [5.41, 5.74) is 13.6. The molecule has 3 rings (SSSR count). The van der Waals surface area contributed by atoms with E-state index in [1.54, 1.807) is 18.2 Å². The SMILES string of the molecule is [CH2]C(COC(=O)/C=C/c1ccc(OC(F)(F)c2ccc(OCCCCF)cc2)cc1)c1ccc(N)cc1N. The van der Waals surface area contributed by atoms with E-state index >= 15 is 0 Å². The summed E-state index contributed by atoms with van der Waals surface area (Å²) in [6.07, 6.45) is 0.0744. The average Bonchev–Trinajstić information content (AvgIpc) is 2.89. The van der Waals surface area contributed by atoms with Crippen LogP contribution in [0.2, 0.25) is 0 Å². The molecule has 9 heteroatoms. The van der Waals surface area contributed by atoms with Crippen LogP contribution in [-0.2, 0) is 15.6 Å². The van der Waals surface area contributed by atoms with Gasteiger partial charge in [0.05, 0.1) is 25.5 Å². The second-order valence-electron chi connectivity index (χ2n) is 8.51. The quantitative estimate of drug-likeness (QED) is 0.118. The Morgan fingerprint density at radius 2 is 1.66 bits per heavy atom. The molecule has 3 aromatic carbocycles. The Balaban J connectivity index is 1.50. The third-order valence-electron chi connectivity index (χ3n) is 5.50. The largest absolute Gasteiger partial charge is 0.494 e. The zero-order valence-corrected chi connectivity index (χ0v) is 20.7. The molecule has 0 aromatic heterocycles. The summed E-state index contributed by atoms with van der Waals surface area (Å²) in [6.45, 7) is 3.86. The third kappa shape index (κ3) is 8.47. The first kappa shape index (κ1) is 28.4. The number of benzene rings is 3. The van der Waals surface area contributed by atoms with E-state index in [0.29, 0.717) is 42.1 Å². The molecule has 0 fully saturated rings. The van der Waals surface area contributed by atoms with Gasteiger partial charge < -0.3 is 25.7 Å². The van der Waals surface area contributed by atoms with Crippen LogP contribution in [-0.4, -0.2) is 25.9 Å². The van der Waals surface area contributed by atoms with E-state index in [-0.39, 0.29) is 23.8 Å². The lowest BCUT2D eigenvalue weighted by Crippen LogP contribution is -2.21. The van der Waals surface area contributed by atoms with E-state index in [0.717, 1.165) is 5.56 Å². The standard InChI is InChI=1S/C29H30F3N2O4/c1-20(26-14-9-23(33)18-27(26)34)19-37-28(35)15-6-21-4-10-25(11-5-21)38-29(31,32)22-7-12-24(13-8-22)36-17-3-2-16-30/h4-15,18,20H,1-3,16-17,19,33-34H2/b15-6+. The smallest absolute Gasteiger partial charge is 0.426 e. The number of esters is 1. The van der Waals surface area contributed by atoms with Crippen molar-refractivity contribution in [1.82, 2.24) is 0 Å². The first-order chi connectivity index (χ1) is 18.2. The van der Waals surface area contributed by atoms with Gasteiger partial charge in [-0.1, -0.05) is 18.2 Å². The van der Waals surface area contributed by atoms with Gasteiger partial charge in [-0.25, -0.2) is 4.79 Å². The Hall–Kier alpha value is -4.14. The van der Waals surface area contributed by atoms with Crippen LogP contribution >= 0.6 is 0 Å². The van der Waals surface area contributed by atoms with E-state index in [2.05, 4.69) is 6.92 Å². The van der Waals surface area contributed by atoms with Gasteiger partial charge in [0.25, 0.3) is 0 Å². The Morgan fingerprint density at radius 1 is 0.974 bits per heavy atom. The highest BCUT2D eigenvalue weighted by Crippen LogP contribution is 2.32. The van der Waals surface area contributed by atoms with Crippen LogP contribution < -0.4 is 20.9 Å². The van der Waals surface area contributed by atoms with Crippen molar-refractivity contribution in [3.63, 3.8) is 0 Å². The minimum absolute atomic E-state index is 0.0192. The molecule has 0 aliphatic carbocycles. The molecular formula is C29H30F3N2O4. The Kier molecular flexibility index (Phi) is 10.0. The first-order valence-electron chi connectivity index (χ1n) is 12.0. The van der Waals surface area contributed by atoms with Crippen molar-refractivity contribution < 1.29 is 32.2 Å². The fourth-order valence-electron chi connectivity index (χ4n) is 3.44. The van der Waals surface area contributed by atoms with Gasteiger partial charge in [0.2, 0.25) is 0 Å². The van der Waals surface area contributed by atoms with E-state index < -0.39 is 18.8 Å². The highest BCUT2D eigenvalue weighted by molar-refractivity contribution is 5.87. The van der Waals surface area contributed by atoms with Crippen molar-refractivity contribution in [1.29, 1.82) is 0 Å². The Bertz CT molecular complexity index is 1220. The molecule has 0 amide bonds. The maximum Gasteiger partial charge on any atom is 0.426 e. The molecule has 0 heterocycles. The molecule has 0 spiro atoms. The van der Waals surface area contributed by atoms with E-state index in [9.17, 15) is 18.0 Å². The summed E-state index contributed by atoms with van der Waals surface area (Å²) in [6, 6.07) is 16.1. The number of anilines is 2. The second kappa shape index (κ2) is 13.4. The molecule has 1 atom stereocenters. The number of alkyl halides is 3. The maximum atomic E-state index is 14.6. The molecule has 1 radical (unpaired) electrons. The number of hydrogen-bond acceptors (Lipinski definition) is 6. The van der Waals surface area contributed by atoms with Gasteiger partial charge in [-0.15, -0.1) is 0 Å². The van der Waals surface area contributed by atoms with E-state index in [1.165, 1.54) is 60.7 Å². The molecule has 4 N–H and O–H groups in total. The van der Waals surface area contributed by atoms with Crippen molar-refractivity contribution in [3.8, 4) is 11.5 Å². The Morgan fingerprint density at radius 3 is 2.32 bits per heavy atom. The van der Waals surface area contributed by atoms with Crippen LogP contribution in [0.4, 0.5) is 24.5 Å². The van der Waals surface area contributed by atoms with Crippen LogP contribution in [0, 0.1) is 6.92 Å². The summed E-state index contributed by atoms with van der Waals surface area (Å²) in [4.78, 5) is 12.1. The van der Waals surface area contributed by atoms with Crippen LogP contribution in [0.3, 0.4) is 0 Å². The monoisotopic (exact) mass is 527 g/mol. The Labute approximate surface area is 220 Å². The van der Waals surface area contributed by atoms with Crippen LogP contribution in [0.5, 0.6) is 11.5 Å². The topological polar surface area (TPSA) is 96.8 Å². The van der Waals surface area contributed by atoms with Crippen molar-refractivity contribution in [2.45, 2.75) is 24.9 Å². The number of nitrogen functional groups attached to an aromatic ring is 2. The van der Waals surface area contributed by atoms with Crippen LogP contribution in [0.25, 0.3) is 6.08 Å². The molecule has 38 heavy (non-hydrogen) atoms. The number of unbranched alkanes of at least 4 members (excludes halogenated alkanes) is 1. The van der Waals surface area contributed by atoms with Crippen molar-refractivity contribution in [2.75, 3.05) is 31.4 Å². The highest BCUT2D eigenvalue weighted by Gasteiger charge is 2.34.